The van der Waals surface area contributed by atoms with Crippen molar-refractivity contribution >= 4 is 44.7 Å². The van der Waals surface area contributed by atoms with E-state index in [1.807, 2.05) is 25.1 Å². The van der Waals surface area contributed by atoms with Crippen LogP contribution in [0.1, 0.15) is 36.3 Å². The van der Waals surface area contributed by atoms with Crippen LogP contribution in [0.15, 0.2) is 42.5 Å². The van der Waals surface area contributed by atoms with E-state index in [1.54, 1.807) is 35.6 Å². The van der Waals surface area contributed by atoms with Crippen molar-refractivity contribution in [3.8, 4) is 6.07 Å². The Bertz CT molecular complexity index is 1060. The minimum atomic E-state index is -0.208. The summed E-state index contributed by atoms with van der Waals surface area (Å²) in [5.41, 5.74) is 2.26. The number of nitriles is 1. The first-order chi connectivity index (χ1) is 14.0. The predicted octanol–water partition coefficient (Wildman–Crippen LogP) is 5.03. The molecule has 4 rings (SSSR count). The molecule has 1 aliphatic heterocycles. The number of rotatable bonds is 4. The highest BCUT2D eigenvalue weighted by molar-refractivity contribution is 7.18. The number of hydrogen-bond acceptors (Lipinski definition) is 5. The predicted molar refractivity (Wildman–Crippen MR) is 117 cm³/mol. The van der Waals surface area contributed by atoms with E-state index in [9.17, 15) is 4.79 Å². The Labute approximate surface area is 178 Å². The van der Waals surface area contributed by atoms with E-state index in [2.05, 4.69) is 16.3 Å². The molecule has 0 unspecified atom stereocenters. The molecule has 2 aromatic carbocycles. The van der Waals surface area contributed by atoms with Gasteiger partial charge in [0, 0.05) is 16.6 Å². The molecule has 1 fully saturated rings. The third kappa shape index (κ3) is 4.43. The summed E-state index contributed by atoms with van der Waals surface area (Å²) in [6.07, 6.45) is 1.98. The van der Waals surface area contributed by atoms with Crippen LogP contribution in [0.5, 0.6) is 0 Å². The van der Waals surface area contributed by atoms with Gasteiger partial charge in [-0.05, 0) is 75.3 Å². The zero-order valence-electron chi connectivity index (χ0n) is 16.1. The van der Waals surface area contributed by atoms with E-state index < -0.39 is 0 Å². The lowest BCUT2D eigenvalue weighted by Gasteiger charge is -2.34. The summed E-state index contributed by atoms with van der Waals surface area (Å²) in [5, 5.41) is 13.7. The summed E-state index contributed by atoms with van der Waals surface area (Å²) < 4.78 is 1.17. The number of carbonyl (C=O) groups is 1. The average Bonchev–Trinajstić information content (AvgIpc) is 3.17. The zero-order valence-corrected chi connectivity index (χ0v) is 17.6. The molecule has 0 spiro atoms. The maximum absolute atomic E-state index is 12.6. The number of halogens is 1. The van der Waals surface area contributed by atoms with E-state index in [0.29, 0.717) is 22.2 Å². The van der Waals surface area contributed by atoms with Crippen molar-refractivity contribution in [3.63, 3.8) is 0 Å². The van der Waals surface area contributed by atoms with Gasteiger partial charge < -0.3 is 5.32 Å². The third-order valence-corrected chi connectivity index (χ3v) is 6.89. The van der Waals surface area contributed by atoms with Gasteiger partial charge >= 0.3 is 0 Å². The van der Waals surface area contributed by atoms with Crippen LogP contribution < -0.4 is 5.32 Å². The first-order valence-corrected chi connectivity index (χ1v) is 10.8. The molecule has 1 saturated heterocycles. The topological polar surface area (TPSA) is 69.0 Å². The second-order valence-corrected chi connectivity index (χ2v) is 8.83. The van der Waals surface area contributed by atoms with Gasteiger partial charge in [0.1, 0.15) is 0 Å². The second kappa shape index (κ2) is 8.50. The fourth-order valence-corrected chi connectivity index (χ4v) is 4.95. The van der Waals surface area contributed by atoms with Gasteiger partial charge in [-0.3, -0.25) is 9.69 Å². The van der Waals surface area contributed by atoms with Crippen molar-refractivity contribution in [2.75, 3.05) is 18.4 Å². The van der Waals surface area contributed by atoms with Gasteiger partial charge in [-0.2, -0.15) is 5.26 Å². The number of benzene rings is 2. The molecule has 1 aliphatic rings. The van der Waals surface area contributed by atoms with Crippen molar-refractivity contribution in [2.45, 2.75) is 31.7 Å². The molecule has 148 valence electrons. The lowest BCUT2D eigenvalue weighted by atomic mass is 9.96. The molecule has 0 bridgehead atoms. The lowest BCUT2D eigenvalue weighted by molar-refractivity contribution is -0.121. The average molecular weight is 425 g/mol. The molecule has 1 N–H and O–H groups in total. The summed E-state index contributed by atoms with van der Waals surface area (Å²) in [6.45, 7) is 3.67. The lowest BCUT2D eigenvalue weighted by Crippen LogP contribution is -2.45. The number of nitrogens with zero attached hydrogens (tertiary/aromatic N) is 3. The Kier molecular flexibility index (Phi) is 5.81. The minimum absolute atomic E-state index is 0.0252. The van der Waals surface area contributed by atoms with E-state index >= 15 is 0 Å². The summed E-state index contributed by atoms with van der Waals surface area (Å²) in [7, 11) is 0. The van der Waals surface area contributed by atoms with Gasteiger partial charge in [0.05, 0.1) is 32.9 Å². The molecule has 1 aromatic heterocycles. The highest BCUT2D eigenvalue weighted by atomic mass is 35.5. The van der Waals surface area contributed by atoms with Crippen LogP contribution in [0.25, 0.3) is 10.2 Å². The number of hydrogen-bond donors (Lipinski definition) is 1. The molecule has 1 atom stereocenters. The number of likely N-dealkylation sites (tertiary alicyclic amines) is 1. The molecule has 5 nitrogen and oxygen atoms in total. The van der Waals surface area contributed by atoms with Crippen LogP contribution in [0.4, 0.5) is 5.69 Å². The minimum Gasteiger partial charge on any atom is -0.325 e. The molecule has 0 saturated carbocycles. The van der Waals surface area contributed by atoms with Crippen LogP contribution in [-0.2, 0) is 4.79 Å². The first-order valence-electron chi connectivity index (χ1n) is 9.64. The Balaban J connectivity index is 1.35. The molecule has 0 aliphatic carbocycles. The van der Waals surface area contributed by atoms with Crippen molar-refractivity contribution in [3.05, 3.63) is 58.1 Å². The normalized spacial score (nSPS) is 16.4. The van der Waals surface area contributed by atoms with Crippen LogP contribution >= 0.6 is 22.9 Å². The van der Waals surface area contributed by atoms with Gasteiger partial charge in [-0.25, -0.2) is 4.98 Å². The zero-order chi connectivity index (χ0) is 20.4. The Morgan fingerprint density at radius 3 is 2.69 bits per heavy atom. The largest absolute Gasteiger partial charge is 0.325 e. The maximum Gasteiger partial charge on any atom is 0.241 e. The SMILES string of the molecule is C[C@H](C(=O)Nc1ccc(C#N)cc1)N1CCC(c2nc3cc(Cl)ccc3s2)CC1. The number of aromatic nitrogens is 1. The Hall–Kier alpha value is -2.46. The summed E-state index contributed by atoms with van der Waals surface area (Å²) in [5.74, 6) is 0.402. The van der Waals surface area contributed by atoms with E-state index in [-0.39, 0.29) is 11.9 Å². The fraction of sp³-hybridized carbons (Fsp3) is 0.318. The Morgan fingerprint density at radius 1 is 1.28 bits per heavy atom. The van der Waals surface area contributed by atoms with Crippen LogP contribution in [-0.4, -0.2) is 34.9 Å². The number of nitrogens with one attached hydrogen (secondary N) is 1. The number of anilines is 1. The van der Waals surface area contributed by atoms with E-state index in [0.717, 1.165) is 36.5 Å². The van der Waals surface area contributed by atoms with Gasteiger partial charge in [0.15, 0.2) is 0 Å². The van der Waals surface area contributed by atoms with E-state index in [1.165, 1.54) is 4.70 Å². The van der Waals surface area contributed by atoms with E-state index in [4.69, 9.17) is 21.8 Å². The second-order valence-electron chi connectivity index (χ2n) is 7.33. The van der Waals surface area contributed by atoms with Gasteiger partial charge in [-0.15, -0.1) is 11.3 Å². The maximum atomic E-state index is 12.6. The monoisotopic (exact) mass is 424 g/mol. The Morgan fingerprint density at radius 2 is 2.00 bits per heavy atom. The highest BCUT2D eigenvalue weighted by Crippen LogP contribution is 2.35. The van der Waals surface area contributed by atoms with Crippen LogP contribution in [0, 0.1) is 11.3 Å². The number of thiazole rings is 1. The number of carbonyl (C=O) groups excluding carboxylic acids is 1. The summed E-state index contributed by atoms with van der Waals surface area (Å²) in [6, 6.07) is 14.7. The van der Waals surface area contributed by atoms with Crippen LogP contribution in [0.2, 0.25) is 5.02 Å². The van der Waals surface area contributed by atoms with Crippen molar-refractivity contribution in [2.24, 2.45) is 0 Å². The van der Waals surface area contributed by atoms with Crippen molar-refractivity contribution in [1.29, 1.82) is 5.26 Å². The van der Waals surface area contributed by atoms with Gasteiger partial charge in [-0.1, -0.05) is 11.6 Å². The molecule has 0 radical (unpaired) electrons. The van der Waals surface area contributed by atoms with Crippen LogP contribution in [0.3, 0.4) is 0 Å². The molecule has 7 heteroatoms. The molecule has 29 heavy (non-hydrogen) atoms. The van der Waals surface area contributed by atoms with Gasteiger partial charge in [0.25, 0.3) is 0 Å². The standard InChI is InChI=1S/C22H21ClN4OS/c1-14(21(28)25-18-5-2-15(13-24)3-6-18)27-10-8-16(9-11-27)22-26-19-12-17(23)4-7-20(19)29-22/h2-7,12,14,16H,8-11H2,1H3,(H,25,28)/t14-/m1/s1. The third-order valence-electron chi connectivity index (χ3n) is 5.45. The molecule has 2 heterocycles. The fourth-order valence-electron chi connectivity index (χ4n) is 3.67. The number of amides is 1. The van der Waals surface area contributed by atoms with Crippen molar-refractivity contribution in [1.82, 2.24) is 9.88 Å². The van der Waals surface area contributed by atoms with Gasteiger partial charge in [0.2, 0.25) is 5.91 Å². The van der Waals surface area contributed by atoms with Crippen molar-refractivity contribution < 1.29 is 4.79 Å². The smallest absolute Gasteiger partial charge is 0.241 e. The summed E-state index contributed by atoms with van der Waals surface area (Å²) in [4.78, 5) is 19.6. The highest BCUT2D eigenvalue weighted by Gasteiger charge is 2.28. The quantitative estimate of drug-likeness (QED) is 0.637. The first kappa shape index (κ1) is 19.8. The number of fused-ring (bicyclic) bond motifs is 1. The molecule has 3 aromatic rings. The number of piperidine rings is 1. The molecule has 1 amide bonds. The molecular formula is C22H21ClN4OS. The summed E-state index contributed by atoms with van der Waals surface area (Å²) >= 11 is 7.82. The molecular weight excluding hydrogens is 404 g/mol.